The molecule has 0 aliphatic heterocycles. The molecule has 0 spiro atoms. The largest absolute Gasteiger partial charge is 0.423 e. The van der Waals surface area contributed by atoms with E-state index in [0.29, 0.717) is 17.8 Å². The van der Waals surface area contributed by atoms with Gasteiger partial charge in [-0.1, -0.05) is 25.1 Å². The summed E-state index contributed by atoms with van der Waals surface area (Å²) in [5.74, 6) is -0.624. The number of hydrogen-bond acceptors (Lipinski definition) is 3. The van der Waals surface area contributed by atoms with E-state index in [4.69, 9.17) is 4.42 Å². The Hall–Kier alpha value is -2.99. The first-order chi connectivity index (χ1) is 12.9. The first kappa shape index (κ1) is 18.8. The summed E-state index contributed by atoms with van der Waals surface area (Å²) in [6, 6.07) is 13.1. The molecule has 3 aromatic rings. The van der Waals surface area contributed by atoms with Crippen molar-refractivity contribution in [2.45, 2.75) is 19.9 Å². The third kappa shape index (κ3) is 4.80. The van der Waals surface area contributed by atoms with Crippen LogP contribution in [0.5, 0.6) is 0 Å². The number of quaternary nitrogens is 1. The lowest BCUT2D eigenvalue weighted by atomic mass is 10.1. The van der Waals surface area contributed by atoms with Crippen molar-refractivity contribution < 1.29 is 18.5 Å². The second kappa shape index (κ2) is 8.14. The van der Waals surface area contributed by atoms with Crippen LogP contribution >= 0.6 is 0 Å². The number of benzene rings is 2. The van der Waals surface area contributed by atoms with Gasteiger partial charge in [0.1, 0.15) is 17.9 Å². The Morgan fingerprint density at radius 2 is 2.00 bits per heavy atom. The molecule has 5 nitrogen and oxygen atoms in total. The molecule has 2 N–H and O–H groups in total. The third-order valence-electron chi connectivity index (χ3n) is 4.37. The van der Waals surface area contributed by atoms with Crippen LogP contribution in [0.15, 0.2) is 57.7 Å². The Morgan fingerprint density at radius 3 is 2.74 bits per heavy atom. The van der Waals surface area contributed by atoms with E-state index < -0.39 is 11.4 Å². The van der Waals surface area contributed by atoms with Crippen LogP contribution in [0.2, 0.25) is 0 Å². The second-order valence-electron chi connectivity index (χ2n) is 6.64. The predicted molar refractivity (Wildman–Crippen MR) is 102 cm³/mol. The maximum atomic E-state index is 13.2. The molecule has 1 heterocycles. The topological polar surface area (TPSA) is 63.8 Å². The van der Waals surface area contributed by atoms with Gasteiger partial charge < -0.3 is 14.6 Å². The van der Waals surface area contributed by atoms with E-state index in [2.05, 4.69) is 5.32 Å². The molecule has 140 valence electrons. The van der Waals surface area contributed by atoms with Crippen molar-refractivity contribution in [3.8, 4) is 0 Å². The van der Waals surface area contributed by atoms with Crippen molar-refractivity contribution in [1.82, 2.24) is 0 Å². The van der Waals surface area contributed by atoms with Crippen LogP contribution in [0, 0.1) is 5.82 Å². The Kier molecular flexibility index (Phi) is 5.66. The molecule has 0 bridgehead atoms. The Labute approximate surface area is 156 Å². The number of nitrogens with one attached hydrogen (secondary N) is 2. The zero-order valence-corrected chi connectivity index (χ0v) is 15.3. The third-order valence-corrected chi connectivity index (χ3v) is 4.37. The molecule has 1 aromatic heterocycles. The Balaban J connectivity index is 1.72. The van der Waals surface area contributed by atoms with E-state index >= 15 is 0 Å². The standard InChI is InChI=1S/C21H21FN2O3/c1-3-14-7-8-18-15(10-21(26)27-19(18)9-14)12-24(2)13-20(25)23-17-6-4-5-16(22)11-17/h4-11H,3,12-13H2,1-2H3,(H,23,25)/p+1. The minimum Gasteiger partial charge on any atom is -0.423 e. The van der Waals surface area contributed by atoms with Crippen molar-refractivity contribution in [2.24, 2.45) is 0 Å². The summed E-state index contributed by atoms with van der Waals surface area (Å²) in [5.41, 5.74) is 2.51. The summed E-state index contributed by atoms with van der Waals surface area (Å²) >= 11 is 0. The average molecular weight is 369 g/mol. The summed E-state index contributed by atoms with van der Waals surface area (Å²) < 4.78 is 18.5. The molecule has 6 heteroatoms. The monoisotopic (exact) mass is 369 g/mol. The van der Waals surface area contributed by atoms with Gasteiger partial charge in [-0.2, -0.15) is 0 Å². The Morgan fingerprint density at radius 1 is 1.19 bits per heavy atom. The molecule has 0 saturated carbocycles. The molecule has 3 rings (SSSR count). The van der Waals surface area contributed by atoms with Crippen molar-refractivity contribution in [1.29, 1.82) is 0 Å². The number of carbonyl (C=O) groups is 1. The fourth-order valence-corrected chi connectivity index (χ4v) is 3.07. The number of amides is 1. The highest BCUT2D eigenvalue weighted by Gasteiger charge is 2.14. The number of hydrogen-bond donors (Lipinski definition) is 2. The maximum absolute atomic E-state index is 13.2. The number of carbonyl (C=O) groups excluding carboxylic acids is 1. The van der Waals surface area contributed by atoms with Gasteiger partial charge in [0.25, 0.3) is 5.91 Å². The Bertz CT molecular complexity index is 1030. The molecule has 1 unspecified atom stereocenters. The molecule has 0 radical (unpaired) electrons. The van der Waals surface area contributed by atoms with Crippen LogP contribution in [0.25, 0.3) is 11.0 Å². The van der Waals surface area contributed by atoms with Gasteiger partial charge in [-0.25, -0.2) is 9.18 Å². The molecule has 1 atom stereocenters. The summed E-state index contributed by atoms with van der Waals surface area (Å²) in [6.07, 6.45) is 0.856. The van der Waals surface area contributed by atoms with Crippen LogP contribution in [0.3, 0.4) is 0 Å². The first-order valence-electron chi connectivity index (χ1n) is 8.87. The number of anilines is 1. The molecule has 0 saturated heterocycles. The first-order valence-corrected chi connectivity index (χ1v) is 8.87. The van der Waals surface area contributed by atoms with Gasteiger partial charge in [0.15, 0.2) is 6.54 Å². The fourth-order valence-electron chi connectivity index (χ4n) is 3.07. The SMILES string of the molecule is CCc1ccc2c(C[NH+](C)CC(=O)Nc3cccc(F)c3)cc(=O)oc2c1. The van der Waals surface area contributed by atoms with Crippen LogP contribution in [0.1, 0.15) is 18.1 Å². The zero-order valence-electron chi connectivity index (χ0n) is 15.3. The molecule has 1 amide bonds. The highest BCUT2D eigenvalue weighted by molar-refractivity contribution is 5.91. The summed E-state index contributed by atoms with van der Waals surface area (Å²) in [6.45, 7) is 2.72. The van der Waals surface area contributed by atoms with Gasteiger partial charge in [0, 0.05) is 22.7 Å². The fraction of sp³-hybridized carbons (Fsp3) is 0.238. The van der Waals surface area contributed by atoms with Gasteiger partial charge >= 0.3 is 5.63 Å². The average Bonchev–Trinajstić information content (AvgIpc) is 2.60. The molecule has 0 fully saturated rings. The van der Waals surface area contributed by atoms with E-state index in [1.165, 1.54) is 18.2 Å². The molecular weight excluding hydrogens is 347 g/mol. The molecular formula is C21H22FN2O3+. The highest BCUT2D eigenvalue weighted by Crippen LogP contribution is 2.18. The number of fused-ring (bicyclic) bond motifs is 1. The zero-order chi connectivity index (χ0) is 19.4. The summed E-state index contributed by atoms with van der Waals surface area (Å²) in [7, 11) is 1.87. The normalized spacial score (nSPS) is 12.1. The van der Waals surface area contributed by atoms with Crippen molar-refractivity contribution in [2.75, 3.05) is 18.9 Å². The molecule has 2 aromatic carbocycles. The second-order valence-corrected chi connectivity index (χ2v) is 6.64. The number of halogens is 1. The van der Waals surface area contributed by atoms with Gasteiger partial charge in [0.2, 0.25) is 0 Å². The number of aryl methyl sites for hydroxylation is 1. The van der Waals surface area contributed by atoms with Gasteiger partial charge in [-0.05, 0) is 36.2 Å². The number of likely N-dealkylation sites (N-methyl/N-ethyl adjacent to an activating group) is 1. The molecule has 0 aliphatic rings. The smallest absolute Gasteiger partial charge is 0.336 e. The summed E-state index contributed by atoms with van der Waals surface area (Å²) in [5, 5.41) is 3.55. The quantitative estimate of drug-likeness (QED) is 0.655. The van der Waals surface area contributed by atoms with E-state index in [1.54, 1.807) is 12.1 Å². The summed E-state index contributed by atoms with van der Waals surface area (Å²) in [4.78, 5) is 25.0. The van der Waals surface area contributed by atoms with Crippen LogP contribution in [-0.2, 0) is 17.8 Å². The molecule has 0 aliphatic carbocycles. The minimum atomic E-state index is -0.401. The number of rotatable bonds is 6. The van der Waals surface area contributed by atoms with E-state index in [1.807, 2.05) is 32.2 Å². The van der Waals surface area contributed by atoms with Crippen molar-refractivity contribution >= 4 is 22.6 Å². The lowest BCUT2D eigenvalue weighted by Gasteiger charge is -2.15. The van der Waals surface area contributed by atoms with Crippen molar-refractivity contribution in [3.05, 3.63) is 75.9 Å². The van der Waals surface area contributed by atoms with Crippen molar-refractivity contribution in [3.63, 3.8) is 0 Å². The predicted octanol–water partition coefficient (Wildman–Crippen LogP) is 2.15. The molecule has 27 heavy (non-hydrogen) atoms. The van der Waals surface area contributed by atoms with E-state index in [0.717, 1.165) is 27.8 Å². The lowest BCUT2D eigenvalue weighted by molar-refractivity contribution is -0.885. The van der Waals surface area contributed by atoms with Crippen LogP contribution in [0.4, 0.5) is 10.1 Å². The highest BCUT2D eigenvalue weighted by atomic mass is 19.1. The van der Waals surface area contributed by atoms with Crippen LogP contribution < -0.4 is 15.8 Å². The van der Waals surface area contributed by atoms with Gasteiger partial charge in [-0.3, -0.25) is 4.79 Å². The maximum Gasteiger partial charge on any atom is 0.336 e. The van der Waals surface area contributed by atoms with E-state index in [9.17, 15) is 14.0 Å². The van der Waals surface area contributed by atoms with Gasteiger partial charge in [-0.15, -0.1) is 0 Å². The van der Waals surface area contributed by atoms with Crippen LogP contribution in [-0.4, -0.2) is 19.5 Å². The van der Waals surface area contributed by atoms with E-state index in [-0.39, 0.29) is 12.5 Å². The van der Waals surface area contributed by atoms with Gasteiger partial charge in [0.05, 0.1) is 7.05 Å². The minimum absolute atomic E-state index is 0.186. The lowest BCUT2D eigenvalue weighted by Crippen LogP contribution is -3.08.